The highest BCUT2D eigenvalue weighted by Crippen LogP contribution is 2.35. The molecule has 1 atom stereocenters. The van der Waals surface area contributed by atoms with E-state index in [2.05, 4.69) is 10.4 Å². The van der Waals surface area contributed by atoms with Gasteiger partial charge in [-0.1, -0.05) is 6.07 Å². The van der Waals surface area contributed by atoms with Crippen LogP contribution in [0.1, 0.15) is 34.9 Å². The summed E-state index contributed by atoms with van der Waals surface area (Å²) in [7, 11) is 0. The Bertz CT molecular complexity index is 832. The van der Waals surface area contributed by atoms with Crippen molar-refractivity contribution in [1.82, 2.24) is 15.1 Å². The molecule has 4 rings (SSSR count). The van der Waals surface area contributed by atoms with Crippen LogP contribution >= 0.6 is 12.4 Å². The van der Waals surface area contributed by atoms with Crippen LogP contribution in [0.5, 0.6) is 0 Å². The molecule has 0 radical (unpaired) electrons. The molecular formula is C17H20ClN5O3. The molecule has 1 amide bonds. The Hall–Kier alpha value is -2.45. The van der Waals surface area contributed by atoms with E-state index in [0.29, 0.717) is 29.9 Å². The molecule has 1 saturated heterocycles. The predicted octanol–water partition coefficient (Wildman–Crippen LogP) is 2.34. The number of nitrogens with zero attached hydrogens (tertiary/aromatic N) is 4. The van der Waals surface area contributed by atoms with Crippen molar-refractivity contribution in [1.29, 1.82) is 0 Å². The van der Waals surface area contributed by atoms with E-state index in [1.54, 1.807) is 23.1 Å². The van der Waals surface area contributed by atoms with E-state index < -0.39 is 4.92 Å². The van der Waals surface area contributed by atoms with Gasteiger partial charge < -0.3 is 10.2 Å². The lowest BCUT2D eigenvalue weighted by Crippen LogP contribution is -2.32. The highest BCUT2D eigenvalue weighted by atomic mass is 35.5. The maximum atomic E-state index is 12.9. The summed E-state index contributed by atoms with van der Waals surface area (Å²) in [6, 6.07) is 6.86. The predicted molar refractivity (Wildman–Crippen MR) is 99.1 cm³/mol. The van der Waals surface area contributed by atoms with Crippen molar-refractivity contribution in [3.8, 4) is 0 Å². The zero-order valence-corrected chi connectivity index (χ0v) is 14.9. The molecular weight excluding hydrogens is 358 g/mol. The van der Waals surface area contributed by atoms with Gasteiger partial charge in [0.2, 0.25) is 0 Å². The van der Waals surface area contributed by atoms with Crippen LogP contribution in [0.3, 0.4) is 0 Å². The van der Waals surface area contributed by atoms with Crippen LogP contribution in [0.25, 0.3) is 0 Å². The Labute approximate surface area is 156 Å². The monoisotopic (exact) mass is 377 g/mol. The van der Waals surface area contributed by atoms with Crippen LogP contribution in [0.2, 0.25) is 0 Å². The number of anilines is 1. The molecule has 0 spiro atoms. The molecule has 0 saturated carbocycles. The van der Waals surface area contributed by atoms with Gasteiger partial charge in [-0.2, -0.15) is 5.10 Å². The van der Waals surface area contributed by atoms with Crippen molar-refractivity contribution < 1.29 is 9.72 Å². The number of nitro groups is 1. The molecule has 8 nitrogen and oxygen atoms in total. The zero-order chi connectivity index (χ0) is 17.4. The number of aromatic nitrogens is 2. The molecule has 3 heterocycles. The zero-order valence-electron chi connectivity index (χ0n) is 14.1. The summed E-state index contributed by atoms with van der Waals surface area (Å²) in [6.45, 7) is 2.32. The van der Waals surface area contributed by atoms with Crippen LogP contribution < -0.4 is 10.2 Å². The lowest BCUT2D eigenvalue weighted by molar-refractivity contribution is -0.385. The largest absolute Gasteiger partial charge is 0.315 e. The topological polar surface area (TPSA) is 93.3 Å². The fourth-order valence-electron chi connectivity index (χ4n) is 3.65. The van der Waals surface area contributed by atoms with Crippen molar-refractivity contribution in [2.45, 2.75) is 25.3 Å². The second kappa shape index (κ2) is 7.43. The van der Waals surface area contributed by atoms with E-state index in [0.717, 1.165) is 25.9 Å². The fourth-order valence-corrected chi connectivity index (χ4v) is 3.65. The average Bonchev–Trinajstić information content (AvgIpc) is 3.29. The van der Waals surface area contributed by atoms with E-state index in [1.807, 2.05) is 10.9 Å². The number of piperidine rings is 1. The van der Waals surface area contributed by atoms with E-state index >= 15 is 0 Å². The normalized spacial score (nSPS) is 18.9. The number of hydrogen-bond acceptors (Lipinski definition) is 5. The van der Waals surface area contributed by atoms with Crippen LogP contribution in [0.15, 0.2) is 30.5 Å². The summed E-state index contributed by atoms with van der Waals surface area (Å²) >= 11 is 0. The van der Waals surface area contributed by atoms with E-state index in [-0.39, 0.29) is 30.0 Å². The first kappa shape index (κ1) is 18.3. The van der Waals surface area contributed by atoms with Gasteiger partial charge in [-0.05, 0) is 37.9 Å². The maximum absolute atomic E-state index is 12.9. The molecule has 138 valence electrons. The summed E-state index contributed by atoms with van der Waals surface area (Å²) in [5.41, 5.74) is 1.70. The van der Waals surface area contributed by atoms with Gasteiger partial charge in [-0.3, -0.25) is 19.6 Å². The first-order chi connectivity index (χ1) is 12.1. The second-order valence-corrected chi connectivity index (χ2v) is 6.42. The van der Waals surface area contributed by atoms with Gasteiger partial charge >= 0.3 is 0 Å². The third-order valence-electron chi connectivity index (χ3n) is 4.92. The fraction of sp³-hybridized carbons (Fsp3) is 0.412. The number of benzene rings is 1. The number of nitro benzene ring substituents is 1. The number of rotatable bonds is 3. The van der Waals surface area contributed by atoms with Gasteiger partial charge in [-0.15, -0.1) is 12.4 Å². The molecule has 26 heavy (non-hydrogen) atoms. The highest BCUT2D eigenvalue weighted by molar-refractivity contribution is 6.06. The SMILES string of the molecule is Cl.O=C(c1ccn(C2CCCNC2)n1)N1CCc2c1cccc2[N+](=O)[O-]. The van der Waals surface area contributed by atoms with E-state index in [9.17, 15) is 14.9 Å². The second-order valence-electron chi connectivity index (χ2n) is 6.42. The third kappa shape index (κ3) is 3.17. The van der Waals surface area contributed by atoms with Gasteiger partial charge in [0.05, 0.1) is 22.2 Å². The van der Waals surface area contributed by atoms with Crippen molar-refractivity contribution in [3.05, 3.63) is 51.8 Å². The molecule has 1 aromatic carbocycles. The summed E-state index contributed by atoms with van der Waals surface area (Å²) in [5.74, 6) is -0.207. The summed E-state index contributed by atoms with van der Waals surface area (Å²) in [4.78, 5) is 25.2. The van der Waals surface area contributed by atoms with Crippen LogP contribution in [-0.4, -0.2) is 40.2 Å². The van der Waals surface area contributed by atoms with Gasteiger partial charge in [0.15, 0.2) is 5.69 Å². The summed E-state index contributed by atoms with van der Waals surface area (Å²) in [5, 5.41) is 19.0. The number of amides is 1. The van der Waals surface area contributed by atoms with Gasteiger partial charge in [0.25, 0.3) is 11.6 Å². The lowest BCUT2D eigenvalue weighted by atomic mass is 10.1. The smallest absolute Gasteiger partial charge is 0.278 e. The Balaban J connectivity index is 0.00000196. The Morgan fingerprint density at radius 1 is 1.35 bits per heavy atom. The molecule has 1 N–H and O–H groups in total. The summed E-state index contributed by atoms with van der Waals surface area (Å²) in [6.07, 6.45) is 4.47. The van der Waals surface area contributed by atoms with Gasteiger partial charge in [0.1, 0.15) is 0 Å². The van der Waals surface area contributed by atoms with Crippen LogP contribution in [-0.2, 0) is 6.42 Å². The van der Waals surface area contributed by atoms with E-state index in [4.69, 9.17) is 0 Å². The maximum Gasteiger partial charge on any atom is 0.278 e. The van der Waals surface area contributed by atoms with Crippen LogP contribution in [0.4, 0.5) is 11.4 Å². The minimum absolute atomic E-state index is 0. The molecule has 1 unspecified atom stereocenters. The number of nitrogens with one attached hydrogen (secondary N) is 1. The van der Waals surface area contributed by atoms with E-state index in [1.165, 1.54) is 6.07 Å². The Morgan fingerprint density at radius 2 is 2.19 bits per heavy atom. The standard InChI is InChI=1S/C17H19N5O3.ClH/c23-17(14-7-10-21(19-14)12-3-2-8-18-11-12)20-9-6-13-15(20)4-1-5-16(13)22(24)25;/h1,4-5,7,10,12,18H,2-3,6,8-9,11H2;1H. The minimum atomic E-state index is -0.391. The Kier molecular flexibility index (Phi) is 5.24. The molecule has 9 heteroatoms. The summed E-state index contributed by atoms with van der Waals surface area (Å²) < 4.78 is 1.85. The molecule has 2 aliphatic rings. The van der Waals surface area contributed by atoms with Crippen LogP contribution in [0, 0.1) is 10.1 Å². The molecule has 1 fully saturated rings. The third-order valence-corrected chi connectivity index (χ3v) is 4.92. The number of carbonyl (C=O) groups is 1. The lowest BCUT2D eigenvalue weighted by Gasteiger charge is -2.23. The quantitative estimate of drug-likeness (QED) is 0.654. The molecule has 0 aliphatic carbocycles. The van der Waals surface area contributed by atoms with Gasteiger partial charge in [-0.25, -0.2) is 0 Å². The average molecular weight is 378 g/mol. The Morgan fingerprint density at radius 3 is 2.92 bits per heavy atom. The molecule has 1 aromatic heterocycles. The number of hydrogen-bond donors (Lipinski definition) is 1. The molecule has 0 bridgehead atoms. The highest BCUT2D eigenvalue weighted by Gasteiger charge is 2.32. The molecule has 2 aliphatic heterocycles. The molecule has 2 aromatic rings. The number of carbonyl (C=O) groups excluding carboxylic acids is 1. The van der Waals surface area contributed by atoms with Gasteiger partial charge in [0, 0.05) is 25.4 Å². The van der Waals surface area contributed by atoms with Crippen molar-refractivity contribution in [2.75, 3.05) is 24.5 Å². The number of fused-ring (bicyclic) bond motifs is 1. The first-order valence-electron chi connectivity index (χ1n) is 8.49. The number of halogens is 1. The minimum Gasteiger partial charge on any atom is -0.315 e. The van der Waals surface area contributed by atoms with Crippen molar-refractivity contribution in [2.24, 2.45) is 0 Å². The van der Waals surface area contributed by atoms with Crippen molar-refractivity contribution >= 4 is 29.7 Å². The van der Waals surface area contributed by atoms with Crippen molar-refractivity contribution in [3.63, 3.8) is 0 Å². The first-order valence-corrected chi connectivity index (χ1v) is 8.49.